The fourth-order valence-corrected chi connectivity index (χ4v) is 3.49. The van der Waals surface area contributed by atoms with Crippen LogP contribution < -0.4 is 5.32 Å². The lowest BCUT2D eigenvalue weighted by atomic mass is 9.73. The summed E-state index contributed by atoms with van der Waals surface area (Å²) >= 11 is 0. The van der Waals surface area contributed by atoms with Crippen molar-refractivity contribution in [2.24, 2.45) is 5.41 Å². The third-order valence-electron chi connectivity index (χ3n) is 3.92. The molecule has 0 aliphatic carbocycles. The van der Waals surface area contributed by atoms with Crippen molar-refractivity contribution in [3.63, 3.8) is 0 Å². The van der Waals surface area contributed by atoms with Crippen molar-refractivity contribution in [1.29, 1.82) is 0 Å². The van der Waals surface area contributed by atoms with Crippen molar-refractivity contribution in [3.05, 3.63) is 0 Å². The quantitative estimate of drug-likeness (QED) is 0.707. The molecule has 1 N–H and O–H groups in total. The average molecular weight is 256 g/mol. The van der Waals surface area contributed by atoms with Gasteiger partial charge in [0.1, 0.15) is 0 Å². The standard InChI is InChI=1S/C14H30N2.C2H6/c1-12(2)10-13(3,4)15-8-9-16(7)14(5,6)11-12;1-2/h15H,8-11H2,1-7H3;1-2H3. The highest BCUT2D eigenvalue weighted by Gasteiger charge is 2.36. The Morgan fingerprint density at radius 3 is 1.89 bits per heavy atom. The first-order valence-corrected chi connectivity index (χ1v) is 7.50. The summed E-state index contributed by atoms with van der Waals surface area (Å²) in [5.41, 5.74) is 0.939. The molecule has 18 heavy (non-hydrogen) atoms. The van der Waals surface area contributed by atoms with Crippen molar-refractivity contribution >= 4 is 0 Å². The number of hydrogen-bond donors (Lipinski definition) is 1. The van der Waals surface area contributed by atoms with Gasteiger partial charge in [0.05, 0.1) is 0 Å². The van der Waals surface area contributed by atoms with Gasteiger partial charge < -0.3 is 5.32 Å². The van der Waals surface area contributed by atoms with Gasteiger partial charge in [-0.25, -0.2) is 0 Å². The molecule has 0 spiro atoms. The Bertz CT molecular complexity index is 241. The normalized spacial score (nSPS) is 27.2. The molecule has 0 atom stereocenters. The number of rotatable bonds is 0. The van der Waals surface area contributed by atoms with Crippen molar-refractivity contribution in [3.8, 4) is 0 Å². The Hall–Kier alpha value is -0.0800. The van der Waals surface area contributed by atoms with E-state index in [4.69, 9.17) is 0 Å². The summed E-state index contributed by atoms with van der Waals surface area (Å²) in [6.45, 7) is 20.4. The molecule has 1 rings (SSSR count). The van der Waals surface area contributed by atoms with E-state index in [1.165, 1.54) is 12.8 Å². The van der Waals surface area contributed by atoms with Crippen molar-refractivity contribution in [2.75, 3.05) is 20.1 Å². The molecular weight excluding hydrogens is 220 g/mol. The first-order chi connectivity index (χ1) is 8.04. The van der Waals surface area contributed by atoms with Gasteiger partial charge in [0.25, 0.3) is 0 Å². The second kappa shape index (κ2) is 6.38. The highest BCUT2D eigenvalue weighted by molar-refractivity contribution is 4.93. The van der Waals surface area contributed by atoms with Crippen LogP contribution in [0.5, 0.6) is 0 Å². The molecule has 1 aliphatic rings. The summed E-state index contributed by atoms with van der Waals surface area (Å²) in [4.78, 5) is 2.49. The van der Waals surface area contributed by atoms with Crippen LogP contribution in [0.2, 0.25) is 0 Å². The minimum absolute atomic E-state index is 0.255. The fraction of sp³-hybridized carbons (Fsp3) is 1.00. The Balaban J connectivity index is 0.00000137. The van der Waals surface area contributed by atoms with E-state index in [0.717, 1.165) is 13.1 Å². The van der Waals surface area contributed by atoms with Gasteiger partial charge >= 0.3 is 0 Å². The van der Waals surface area contributed by atoms with Crippen molar-refractivity contribution in [1.82, 2.24) is 10.2 Å². The largest absolute Gasteiger partial charge is 0.311 e. The second-order valence-corrected chi connectivity index (χ2v) is 7.56. The maximum Gasteiger partial charge on any atom is 0.0155 e. The molecule has 0 amide bonds. The van der Waals surface area contributed by atoms with Crippen molar-refractivity contribution in [2.45, 2.75) is 79.3 Å². The molecule has 1 aliphatic heterocycles. The summed E-state index contributed by atoms with van der Waals surface area (Å²) < 4.78 is 0. The van der Waals surface area contributed by atoms with Crippen LogP contribution in [-0.2, 0) is 0 Å². The SMILES string of the molecule is CC.CN1CCNC(C)(C)CC(C)(C)CC1(C)C. The summed E-state index contributed by atoms with van der Waals surface area (Å²) in [7, 11) is 2.25. The van der Waals surface area contributed by atoms with Gasteiger partial charge in [-0.1, -0.05) is 27.7 Å². The van der Waals surface area contributed by atoms with Crippen LogP contribution in [0.1, 0.15) is 68.2 Å². The Labute approximate surface area is 116 Å². The first kappa shape index (κ1) is 17.9. The number of nitrogens with one attached hydrogen (secondary N) is 1. The smallest absolute Gasteiger partial charge is 0.0155 e. The maximum absolute atomic E-state index is 3.68. The molecule has 110 valence electrons. The van der Waals surface area contributed by atoms with Crippen LogP contribution >= 0.6 is 0 Å². The molecule has 1 heterocycles. The molecule has 0 aromatic heterocycles. The van der Waals surface area contributed by atoms with E-state index in [1.54, 1.807) is 0 Å². The Morgan fingerprint density at radius 2 is 1.39 bits per heavy atom. The zero-order chi connectivity index (χ0) is 14.6. The van der Waals surface area contributed by atoms with Crippen molar-refractivity contribution < 1.29 is 0 Å². The molecule has 0 aromatic carbocycles. The molecule has 2 nitrogen and oxygen atoms in total. The zero-order valence-corrected chi connectivity index (χ0v) is 14.3. The summed E-state index contributed by atoms with van der Waals surface area (Å²) in [6.07, 6.45) is 2.49. The number of hydrogen-bond acceptors (Lipinski definition) is 2. The summed E-state index contributed by atoms with van der Waals surface area (Å²) in [6, 6.07) is 0. The van der Waals surface area contributed by atoms with Gasteiger partial charge in [-0.05, 0) is 53.0 Å². The molecule has 0 aromatic rings. The molecular formula is C16H36N2. The molecule has 0 bridgehead atoms. The third kappa shape index (κ3) is 5.71. The topological polar surface area (TPSA) is 15.3 Å². The van der Waals surface area contributed by atoms with Crippen LogP contribution in [0.3, 0.4) is 0 Å². The van der Waals surface area contributed by atoms with E-state index in [2.05, 4.69) is 58.8 Å². The maximum atomic E-state index is 3.68. The van der Waals surface area contributed by atoms with Gasteiger partial charge in [0, 0.05) is 24.2 Å². The van der Waals surface area contributed by atoms with E-state index in [9.17, 15) is 0 Å². The van der Waals surface area contributed by atoms with E-state index in [0.29, 0.717) is 11.0 Å². The van der Waals surface area contributed by atoms with Crippen LogP contribution in [0.25, 0.3) is 0 Å². The van der Waals surface area contributed by atoms with Crippen LogP contribution in [0.15, 0.2) is 0 Å². The monoisotopic (exact) mass is 256 g/mol. The van der Waals surface area contributed by atoms with Gasteiger partial charge in [0.15, 0.2) is 0 Å². The lowest BCUT2D eigenvalue weighted by Crippen LogP contribution is -2.45. The van der Waals surface area contributed by atoms with Gasteiger partial charge in [-0.15, -0.1) is 0 Å². The lowest BCUT2D eigenvalue weighted by molar-refractivity contribution is 0.0965. The molecule has 1 fully saturated rings. The van der Waals surface area contributed by atoms with Gasteiger partial charge in [-0.3, -0.25) is 4.90 Å². The summed E-state index contributed by atoms with van der Waals surface area (Å²) in [5, 5.41) is 3.68. The van der Waals surface area contributed by atoms with Gasteiger partial charge in [-0.2, -0.15) is 0 Å². The van der Waals surface area contributed by atoms with E-state index in [1.807, 2.05) is 13.8 Å². The highest BCUT2D eigenvalue weighted by atomic mass is 15.2. The predicted molar refractivity (Wildman–Crippen MR) is 83.2 cm³/mol. The number of likely N-dealkylation sites (N-methyl/N-ethyl adjacent to an activating group) is 1. The minimum Gasteiger partial charge on any atom is -0.311 e. The first-order valence-electron chi connectivity index (χ1n) is 7.50. The molecule has 0 radical (unpaired) electrons. The van der Waals surface area contributed by atoms with E-state index in [-0.39, 0.29) is 5.54 Å². The highest BCUT2D eigenvalue weighted by Crippen LogP contribution is 2.38. The summed E-state index contributed by atoms with van der Waals surface area (Å²) in [5.74, 6) is 0. The molecule has 1 saturated heterocycles. The average Bonchev–Trinajstić information content (AvgIpc) is 2.17. The van der Waals surface area contributed by atoms with E-state index < -0.39 is 0 Å². The lowest BCUT2D eigenvalue weighted by Gasteiger charge is -2.42. The van der Waals surface area contributed by atoms with Crippen LogP contribution in [0.4, 0.5) is 0 Å². The molecule has 0 unspecified atom stereocenters. The molecule has 0 saturated carbocycles. The second-order valence-electron chi connectivity index (χ2n) is 7.56. The predicted octanol–water partition coefficient (Wildman–Crippen LogP) is 3.91. The van der Waals surface area contributed by atoms with Gasteiger partial charge in [0.2, 0.25) is 0 Å². The fourth-order valence-electron chi connectivity index (χ4n) is 3.49. The third-order valence-corrected chi connectivity index (χ3v) is 3.92. The zero-order valence-electron chi connectivity index (χ0n) is 14.3. The Kier molecular flexibility index (Phi) is 6.35. The minimum atomic E-state index is 0.255. The van der Waals surface area contributed by atoms with E-state index >= 15 is 0 Å². The van der Waals surface area contributed by atoms with Crippen LogP contribution in [-0.4, -0.2) is 36.1 Å². The molecule has 2 heteroatoms. The Morgan fingerprint density at radius 1 is 0.889 bits per heavy atom. The van der Waals surface area contributed by atoms with Crippen LogP contribution in [0, 0.1) is 5.41 Å². The number of nitrogens with zero attached hydrogens (tertiary/aromatic N) is 1.